The van der Waals surface area contributed by atoms with Crippen molar-refractivity contribution in [1.82, 2.24) is 4.98 Å². The number of thiazole rings is 1. The van der Waals surface area contributed by atoms with E-state index in [1.54, 1.807) is 4.90 Å². The normalized spacial score (nSPS) is 10.7. The molecule has 0 unspecified atom stereocenters. The Bertz CT molecular complexity index is 922. The molecule has 140 valence electrons. The van der Waals surface area contributed by atoms with Gasteiger partial charge in [0.2, 0.25) is 11.8 Å². The van der Waals surface area contributed by atoms with Gasteiger partial charge in [0.25, 0.3) is 0 Å². The van der Waals surface area contributed by atoms with Crippen molar-refractivity contribution in [2.75, 3.05) is 28.3 Å². The van der Waals surface area contributed by atoms with E-state index in [-0.39, 0.29) is 23.3 Å². The molecule has 0 aliphatic rings. The van der Waals surface area contributed by atoms with Crippen LogP contribution in [0.3, 0.4) is 0 Å². The number of nitrogens with one attached hydrogen (secondary N) is 1. The largest absolute Gasteiger partial charge is 0.325 e. The minimum Gasteiger partial charge on any atom is -0.325 e. The predicted octanol–water partition coefficient (Wildman–Crippen LogP) is 4.33. The van der Waals surface area contributed by atoms with Gasteiger partial charge in [-0.2, -0.15) is 0 Å². The fourth-order valence-electron chi connectivity index (χ4n) is 2.62. The molecule has 27 heavy (non-hydrogen) atoms. The number of hydrogen-bond donors (Lipinski definition) is 1. The molecule has 0 fully saturated rings. The summed E-state index contributed by atoms with van der Waals surface area (Å²) in [7, 11) is 0. The SMILES string of the molecule is CCN(C(=O)CSCC(=O)Nc1cccc(C)c1)c1nc2ccccc2s1. The summed E-state index contributed by atoms with van der Waals surface area (Å²) in [5, 5.41) is 3.56. The molecule has 0 saturated carbocycles. The molecular formula is C20H21N3O2S2. The van der Waals surface area contributed by atoms with Crippen LogP contribution >= 0.6 is 23.1 Å². The highest BCUT2D eigenvalue weighted by atomic mass is 32.2. The number of nitrogens with zero attached hydrogens (tertiary/aromatic N) is 2. The van der Waals surface area contributed by atoms with Crippen LogP contribution in [0.1, 0.15) is 12.5 Å². The smallest absolute Gasteiger partial charge is 0.238 e. The number of para-hydroxylation sites is 1. The third-order valence-corrected chi connectivity index (χ3v) is 5.87. The van der Waals surface area contributed by atoms with Crippen LogP contribution in [0.2, 0.25) is 0 Å². The van der Waals surface area contributed by atoms with E-state index in [9.17, 15) is 9.59 Å². The molecule has 0 saturated heterocycles. The Morgan fingerprint density at radius 1 is 1.15 bits per heavy atom. The topological polar surface area (TPSA) is 62.3 Å². The number of hydrogen-bond acceptors (Lipinski definition) is 5. The minimum absolute atomic E-state index is 0.0371. The monoisotopic (exact) mass is 399 g/mol. The van der Waals surface area contributed by atoms with Crippen LogP contribution in [0.15, 0.2) is 48.5 Å². The van der Waals surface area contributed by atoms with Gasteiger partial charge in [-0.3, -0.25) is 14.5 Å². The van der Waals surface area contributed by atoms with Crippen LogP contribution in [0, 0.1) is 6.92 Å². The first-order chi connectivity index (χ1) is 13.1. The lowest BCUT2D eigenvalue weighted by Gasteiger charge is -2.17. The van der Waals surface area contributed by atoms with Crippen molar-refractivity contribution < 1.29 is 9.59 Å². The summed E-state index contributed by atoms with van der Waals surface area (Å²) in [6, 6.07) is 15.5. The van der Waals surface area contributed by atoms with E-state index >= 15 is 0 Å². The second-order valence-corrected chi connectivity index (χ2v) is 8.01. The molecule has 0 aliphatic carbocycles. The Morgan fingerprint density at radius 3 is 2.70 bits per heavy atom. The number of benzene rings is 2. The zero-order valence-corrected chi connectivity index (χ0v) is 16.9. The van der Waals surface area contributed by atoms with E-state index in [0.717, 1.165) is 21.5 Å². The van der Waals surface area contributed by atoms with E-state index in [2.05, 4.69) is 10.3 Å². The first-order valence-corrected chi connectivity index (χ1v) is 10.6. The van der Waals surface area contributed by atoms with Crippen LogP contribution in [-0.4, -0.2) is 34.8 Å². The molecule has 2 amide bonds. The summed E-state index contributed by atoms with van der Waals surface area (Å²) in [5.74, 6) is 0.327. The highest BCUT2D eigenvalue weighted by Crippen LogP contribution is 2.28. The number of amides is 2. The molecule has 1 heterocycles. The summed E-state index contributed by atoms with van der Waals surface area (Å²) >= 11 is 2.82. The van der Waals surface area contributed by atoms with E-state index < -0.39 is 0 Å². The number of carbonyl (C=O) groups excluding carboxylic acids is 2. The zero-order chi connectivity index (χ0) is 19.2. The first kappa shape index (κ1) is 19.4. The highest BCUT2D eigenvalue weighted by molar-refractivity contribution is 8.00. The average Bonchev–Trinajstić information content (AvgIpc) is 3.06. The maximum Gasteiger partial charge on any atom is 0.238 e. The number of aryl methyl sites for hydroxylation is 1. The van der Waals surface area contributed by atoms with E-state index in [4.69, 9.17) is 0 Å². The third kappa shape index (κ3) is 5.08. The maximum atomic E-state index is 12.6. The summed E-state index contributed by atoms with van der Waals surface area (Å²) in [5.41, 5.74) is 2.76. The van der Waals surface area contributed by atoms with Gasteiger partial charge in [-0.1, -0.05) is 35.6 Å². The summed E-state index contributed by atoms with van der Waals surface area (Å²) in [4.78, 5) is 30.9. The van der Waals surface area contributed by atoms with Crippen molar-refractivity contribution in [2.24, 2.45) is 0 Å². The lowest BCUT2D eigenvalue weighted by Crippen LogP contribution is -2.32. The van der Waals surface area contributed by atoms with E-state index in [0.29, 0.717) is 11.7 Å². The molecule has 0 bridgehead atoms. The second-order valence-electron chi connectivity index (χ2n) is 6.01. The number of fused-ring (bicyclic) bond motifs is 1. The summed E-state index contributed by atoms with van der Waals surface area (Å²) in [6.07, 6.45) is 0. The number of thioether (sulfide) groups is 1. The van der Waals surface area contributed by atoms with E-state index in [1.807, 2.05) is 62.4 Å². The van der Waals surface area contributed by atoms with Crippen LogP contribution in [0.25, 0.3) is 10.2 Å². The Kier molecular flexibility index (Phi) is 6.47. The summed E-state index contributed by atoms with van der Waals surface area (Å²) in [6.45, 7) is 4.46. The Morgan fingerprint density at radius 2 is 1.96 bits per heavy atom. The Hall–Kier alpha value is -2.38. The Labute approximate surface area is 166 Å². The maximum absolute atomic E-state index is 12.6. The number of aromatic nitrogens is 1. The van der Waals surface area contributed by atoms with Crippen molar-refractivity contribution >= 4 is 55.9 Å². The van der Waals surface area contributed by atoms with Gasteiger partial charge in [0.15, 0.2) is 5.13 Å². The molecule has 2 aromatic carbocycles. The van der Waals surface area contributed by atoms with Gasteiger partial charge in [-0.25, -0.2) is 4.98 Å². The first-order valence-electron chi connectivity index (χ1n) is 8.67. The minimum atomic E-state index is -0.110. The van der Waals surface area contributed by atoms with Gasteiger partial charge in [0.05, 0.1) is 21.7 Å². The lowest BCUT2D eigenvalue weighted by atomic mass is 10.2. The predicted molar refractivity (Wildman–Crippen MR) is 115 cm³/mol. The van der Waals surface area contributed by atoms with Gasteiger partial charge in [0.1, 0.15) is 0 Å². The molecule has 7 heteroatoms. The fourth-order valence-corrected chi connectivity index (χ4v) is 4.36. The van der Waals surface area contributed by atoms with Crippen molar-refractivity contribution in [1.29, 1.82) is 0 Å². The van der Waals surface area contributed by atoms with Crippen molar-refractivity contribution in [2.45, 2.75) is 13.8 Å². The van der Waals surface area contributed by atoms with Gasteiger partial charge in [-0.15, -0.1) is 11.8 Å². The van der Waals surface area contributed by atoms with Crippen LogP contribution < -0.4 is 10.2 Å². The fraction of sp³-hybridized carbons (Fsp3) is 0.250. The molecular weight excluding hydrogens is 378 g/mol. The molecule has 0 radical (unpaired) electrons. The van der Waals surface area contributed by atoms with Gasteiger partial charge < -0.3 is 5.32 Å². The summed E-state index contributed by atoms with van der Waals surface area (Å²) < 4.78 is 1.06. The van der Waals surface area contributed by atoms with Crippen molar-refractivity contribution in [3.05, 3.63) is 54.1 Å². The second kappa shape index (κ2) is 9.01. The molecule has 0 spiro atoms. The quantitative estimate of drug-likeness (QED) is 0.642. The van der Waals surface area contributed by atoms with Gasteiger partial charge >= 0.3 is 0 Å². The molecule has 0 atom stereocenters. The average molecular weight is 400 g/mol. The van der Waals surface area contributed by atoms with Crippen molar-refractivity contribution in [3.63, 3.8) is 0 Å². The zero-order valence-electron chi connectivity index (χ0n) is 15.3. The molecule has 3 rings (SSSR count). The number of rotatable bonds is 7. The van der Waals surface area contributed by atoms with Crippen LogP contribution in [0.4, 0.5) is 10.8 Å². The van der Waals surface area contributed by atoms with Crippen molar-refractivity contribution in [3.8, 4) is 0 Å². The molecule has 5 nitrogen and oxygen atoms in total. The number of anilines is 2. The molecule has 1 N–H and O–H groups in total. The highest BCUT2D eigenvalue weighted by Gasteiger charge is 2.18. The number of carbonyl (C=O) groups is 2. The van der Waals surface area contributed by atoms with E-state index in [1.165, 1.54) is 23.1 Å². The van der Waals surface area contributed by atoms with Gasteiger partial charge in [0, 0.05) is 12.2 Å². The standard InChI is InChI=1S/C20H21N3O2S2/c1-3-23(20-22-16-9-4-5-10-17(16)27-20)19(25)13-26-12-18(24)21-15-8-6-7-14(2)11-15/h4-11H,3,12-13H2,1-2H3,(H,21,24). The van der Waals surface area contributed by atoms with Gasteiger partial charge in [-0.05, 0) is 43.7 Å². The third-order valence-electron chi connectivity index (χ3n) is 3.89. The van der Waals surface area contributed by atoms with Crippen LogP contribution in [0.5, 0.6) is 0 Å². The Balaban J connectivity index is 1.53. The molecule has 3 aromatic rings. The van der Waals surface area contributed by atoms with Crippen LogP contribution in [-0.2, 0) is 9.59 Å². The lowest BCUT2D eigenvalue weighted by molar-refractivity contribution is -0.116. The molecule has 0 aliphatic heterocycles. The molecule has 1 aromatic heterocycles.